The lowest BCUT2D eigenvalue weighted by Crippen LogP contribution is -2.12. The fourth-order valence-corrected chi connectivity index (χ4v) is 0.815. The molecule has 0 bridgehead atoms. The Hall–Kier alpha value is -1.11. The van der Waals surface area contributed by atoms with Crippen molar-refractivity contribution in [3.05, 3.63) is 37.0 Å². The Morgan fingerprint density at radius 3 is 2.31 bits per heavy atom. The topological polar surface area (TPSA) is 17.1 Å². The lowest BCUT2D eigenvalue weighted by Gasteiger charge is -2.16. The summed E-state index contributed by atoms with van der Waals surface area (Å²) in [6.45, 7) is 13.2. The summed E-state index contributed by atoms with van der Waals surface area (Å²) >= 11 is 0. The van der Waals surface area contributed by atoms with E-state index in [9.17, 15) is 4.79 Å². The minimum atomic E-state index is -0.115. The highest BCUT2D eigenvalue weighted by Crippen LogP contribution is 2.21. The van der Waals surface area contributed by atoms with Crippen LogP contribution in [0.4, 0.5) is 0 Å². The maximum Gasteiger partial charge on any atom is 0.156 e. The van der Waals surface area contributed by atoms with Crippen LogP contribution in [0, 0.1) is 5.41 Å². The van der Waals surface area contributed by atoms with Crippen LogP contribution >= 0.6 is 0 Å². The van der Waals surface area contributed by atoms with Gasteiger partial charge < -0.3 is 0 Å². The molecule has 72 valence electrons. The molecule has 0 saturated carbocycles. The van der Waals surface area contributed by atoms with Crippen molar-refractivity contribution in [1.82, 2.24) is 0 Å². The minimum absolute atomic E-state index is 0.115. The van der Waals surface area contributed by atoms with E-state index in [0.717, 1.165) is 5.57 Å². The summed E-state index contributed by atoms with van der Waals surface area (Å²) in [5.41, 5.74) is 0.779. The summed E-state index contributed by atoms with van der Waals surface area (Å²) in [4.78, 5) is 11.3. The van der Waals surface area contributed by atoms with Crippen LogP contribution in [0.3, 0.4) is 0 Å². The molecule has 0 aliphatic rings. The molecule has 0 radical (unpaired) electrons. The summed E-state index contributed by atoms with van der Waals surface area (Å²) in [6.07, 6.45) is 5.62. The van der Waals surface area contributed by atoms with Gasteiger partial charge in [-0.25, -0.2) is 0 Å². The van der Waals surface area contributed by atoms with Gasteiger partial charge in [0.15, 0.2) is 5.78 Å². The Morgan fingerprint density at radius 1 is 1.38 bits per heavy atom. The fourth-order valence-electron chi connectivity index (χ4n) is 0.815. The van der Waals surface area contributed by atoms with E-state index in [4.69, 9.17) is 0 Å². The van der Waals surface area contributed by atoms with Crippen LogP contribution in [0.15, 0.2) is 37.0 Å². The number of hydrogen-bond acceptors (Lipinski definition) is 1. The molecule has 0 spiro atoms. The van der Waals surface area contributed by atoms with Crippen molar-refractivity contribution < 1.29 is 4.79 Å². The summed E-state index contributed by atoms with van der Waals surface area (Å²) in [5, 5.41) is 0. The van der Waals surface area contributed by atoms with Crippen LogP contribution in [-0.2, 0) is 4.79 Å². The van der Waals surface area contributed by atoms with E-state index < -0.39 is 0 Å². The molecule has 0 aromatic carbocycles. The molecule has 0 aromatic heterocycles. The zero-order valence-electron chi connectivity index (χ0n) is 8.76. The van der Waals surface area contributed by atoms with E-state index in [2.05, 4.69) is 13.2 Å². The van der Waals surface area contributed by atoms with E-state index in [1.54, 1.807) is 18.2 Å². The van der Waals surface area contributed by atoms with Crippen molar-refractivity contribution in [2.75, 3.05) is 0 Å². The zero-order chi connectivity index (χ0) is 10.5. The van der Waals surface area contributed by atoms with Gasteiger partial charge in [0.25, 0.3) is 0 Å². The van der Waals surface area contributed by atoms with Gasteiger partial charge in [-0.2, -0.15) is 0 Å². The molecule has 0 saturated heterocycles. The van der Waals surface area contributed by atoms with Gasteiger partial charge in [-0.15, -0.1) is 6.58 Å². The lowest BCUT2D eigenvalue weighted by atomic mass is 9.87. The van der Waals surface area contributed by atoms with Crippen molar-refractivity contribution in [3.63, 3.8) is 0 Å². The second kappa shape index (κ2) is 4.80. The van der Waals surface area contributed by atoms with Gasteiger partial charge in [-0.1, -0.05) is 38.2 Å². The van der Waals surface area contributed by atoms with E-state index in [0.29, 0.717) is 6.42 Å². The third-order valence-electron chi connectivity index (χ3n) is 1.74. The molecule has 0 heterocycles. The maximum atomic E-state index is 11.3. The van der Waals surface area contributed by atoms with Crippen molar-refractivity contribution in [1.29, 1.82) is 0 Å². The second-order valence-corrected chi connectivity index (χ2v) is 4.02. The molecule has 0 N–H and O–H groups in total. The van der Waals surface area contributed by atoms with Gasteiger partial charge in [0.2, 0.25) is 0 Å². The number of allylic oxidation sites excluding steroid dienone is 4. The number of ketones is 1. The molecular weight excluding hydrogens is 160 g/mol. The molecule has 0 aliphatic heterocycles. The van der Waals surface area contributed by atoms with Crippen LogP contribution in [0.2, 0.25) is 0 Å². The average Bonchev–Trinajstić information content (AvgIpc) is 2.00. The standard InChI is InChI=1S/C12H18O/c1-6-12(4,5)9-11(13)8-7-10(2)3/h6-8H,1-2,9H2,3-5H3/b8-7+. The zero-order valence-corrected chi connectivity index (χ0v) is 8.76. The molecule has 0 aliphatic carbocycles. The van der Waals surface area contributed by atoms with E-state index in [1.165, 1.54) is 0 Å². The molecule has 1 heteroatoms. The van der Waals surface area contributed by atoms with E-state index >= 15 is 0 Å². The highest BCUT2D eigenvalue weighted by molar-refractivity contribution is 5.90. The Kier molecular flexibility index (Phi) is 4.39. The van der Waals surface area contributed by atoms with Crippen LogP contribution in [0.25, 0.3) is 0 Å². The first-order chi connectivity index (χ1) is 5.87. The molecule has 0 rings (SSSR count). The highest BCUT2D eigenvalue weighted by Gasteiger charge is 2.15. The first-order valence-electron chi connectivity index (χ1n) is 4.37. The lowest BCUT2D eigenvalue weighted by molar-refractivity contribution is -0.115. The van der Waals surface area contributed by atoms with Crippen LogP contribution in [0.1, 0.15) is 27.2 Å². The third-order valence-corrected chi connectivity index (χ3v) is 1.74. The molecule has 13 heavy (non-hydrogen) atoms. The first kappa shape index (κ1) is 11.9. The predicted octanol–water partition coefficient (Wildman–Crippen LogP) is 3.29. The van der Waals surface area contributed by atoms with Crippen LogP contribution < -0.4 is 0 Å². The Bertz CT molecular complexity index is 244. The molecular formula is C12H18O. The van der Waals surface area contributed by atoms with Gasteiger partial charge >= 0.3 is 0 Å². The van der Waals surface area contributed by atoms with E-state index in [1.807, 2.05) is 20.8 Å². The van der Waals surface area contributed by atoms with Crippen molar-refractivity contribution in [2.24, 2.45) is 5.41 Å². The Morgan fingerprint density at radius 2 is 1.92 bits per heavy atom. The minimum Gasteiger partial charge on any atom is -0.295 e. The van der Waals surface area contributed by atoms with Crippen molar-refractivity contribution in [2.45, 2.75) is 27.2 Å². The third kappa shape index (κ3) is 6.09. The normalized spacial score (nSPS) is 11.6. The molecule has 0 aromatic rings. The summed E-state index contributed by atoms with van der Waals surface area (Å²) in [7, 11) is 0. The van der Waals surface area contributed by atoms with Gasteiger partial charge in [-0.05, 0) is 18.4 Å². The van der Waals surface area contributed by atoms with Crippen molar-refractivity contribution in [3.8, 4) is 0 Å². The molecule has 0 fully saturated rings. The summed E-state index contributed by atoms with van der Waals surface area (Å²) < 4.78 is 0. The highest BCUT2D eigenvalue weighted by atomic mass is 16.1. The number of hydrogen-bond donors (Lipinski definition) is 0. The van der Waals surface area contributed by atoms with Crippen LogP contribution in [-0.4, -0.2) is 5.78 Å². The first-order valence-corrected chi connectivity index (χ1v) is 4.37. The Labute approximate surface area is 80.8 Å². The predicted molar refractivity (Wildman–Crippen MR) is 57.6 cm³/mol. The molecule has 1 nitrogen and oxygen atoms in total. The smallest absolute Gasteiger partial charge is 0.156 e. The maximum absolute atomic E-state index is 11.3. The fraction of sp³-hybridized carbons (Fsp3) is 0.417. The van der Waals surface area contributed by atoms with E-state index in [-0.39, 0.29) is 11.2 Å². The largest absolute Gasteiger partial charge is 0.295 e. The van der Waals surface area contributed by atoms with Crippen LogP contribution in [0.5, 0.6) is 0 Å². The molecule has 0 atom stereocenters. The number of carbonyl (C=O) groups excluding carboxylic acids is 1. The molecule has 0 amide bonds. The molecule has 0 unspecified atom stereocenters. The van der Waals surface area contributed by atoms with Gasteiger partial charge in [0.05, 0.1) is 0 Å². The number of carbonyl (C=O) groups is 1. The monoisotopic (exact) mass is 178 g/mol. The number of rotatable bonds is 5. The summed E-state index contributed by atoms with van der Waals surface area (Å²) in [6, 6.07) is 0. The average molecular weight is 178 g/mol. The summed E-state index contributed by atoms with van der Waals surface area (Å²) in [5.74, 6) is 0.118. The quantitative estimate of drug-likeness (QED) is 0.358. The van der Waals surface area contributed by atoms with Gasteiger partial charge in [-0.3, -0.25) is 4.79 Å². The SMILES string of the molecule is C=CC(C)(C)CC(=O)/C=C/C(=C)C. The van der Waals surface area contributed by atoms with Gasteiger partial charge in [0.1, 0.15) is 0 Å². The van der Waals surface area contributed by atoms with Crippen molar-refractivity contribution >= 4 is 5.78 Å². The Balaban J connectivity index is 4.17. The second-order valence-electron chi connectivity index (χ2n) is 4.02. The van der Waals surface area contributed by atoms with Gasteiger partial charge in [0, 0.05) is 6.42 Å².